The maximum atomic E-state index is 10.2. The van der Waals surface area contributed by atoms with Crippen LogP contribution < -0.4 is 5.73 Å². The van der Waals surface area contributed by atoms with Gasteiger partial charge in [0.15, 0.2) is 0 Å². The molecule has 0 unspecified atom stereocenters. The quantitative estimate of drug-likeness (QED) is 0.247. The van der Waals surface area contributed by atoms with Crippen molar-refractivity contribution in [3.05, 3.63) is 0 Å². The minimum atomic E-state index is -3.82. The highest BCUT2D eigenvalue weighted by Crippen LogP contribution is 2.02. The number of nitrogens with two attached hydrogens (primary N) is 1. The second-order valence-electron chi connectivity index (χ2n) is 2.22. The molecule has 0 heterocycles. The molecule has 0 aliphatic carbocycles. The van der Waals surface area contributed by atoms with Gasteiger partial charge in [-0.15, -0.1) is 0 Å². The van der Waals surface area contributed by atoms with Crippen molar-refractivity contribution in [1.29, 1.82) is 5.41 Å². The second-order valence-corrected chi connectivity index (χ2v) is 4.89. The van der Waals surface area contributed by atoms with Crippen molar-refractivity contribution < 1.29 is 13.0 Å². The number of thioether (sulfide) groups is 1. The van der Waals surface area contributed by atoms with E-state index in [9.17, 15) is 8.42 Å². The molecule has 0 fully saturated rings. The fourth-order valence-corrected chi connectivity index (χ4v) is 1.93. The van der Waals surface area contributed by atoms with Gasteiger partial charge in [-0.25, -0.2) is 0 Å². The lowest BCUT2D eigenvalue weighted by Crippen LogP contribution is -2.13. The summed E-state index contributed by atoms with van der Waals surface area (Å²) < 4.78 is 28.7. The SMILES string of the molecule is N=C(N)CSCCCS(=O)(=O)O. The summed E-state index contributed by atoms with van der Waals surface area (Å²) in [5, 5.41) is 6.84. The minimum Gasteiger partial charge on any atom is -0.387 e. The molecule has 0 aliphatic heterocycles. The summed E-state index contributed by atoms with van der Waals surface area (Å²) in [7, 11) is -3.82. The van der Waals surface area contributed by atoms with Crippen molar-refractivity contribution in [2.45, 2.75) is 6.42 Å². The van der Waals surface area contributed by atoms with E-state index in [2.05, 4.69) is 0 Å². The smallest absolute Gasteiger partial charge is 0.264 e. The molecule has 5 nitrogen and oxygen atoms in total. The first kappa shape index (κ1) is 11.7. The van der Waals surface area contributed by atoms with Crippen LogP contribution in [0.3, 0.4) is 0 Å². The molecule has 0 saturated heterocycles. The Bertz CT molecular complexity index is 237. The molecule has 0 aliphatic rings. The van der Waals surface area contributed by atoms with Crippen molar-refractivity contribution in [1.82, 2.24) is 0 Å². The van der Waals surface area contributed by atoms with Crippen LogP contribution in [0.25, 0.3) is 0 Å². The second kappa shape index (κ2) is 5.39. The van der Waals surface area contributed by atoms with Crippen molar-refractivity contribution >= 4 is 27.7 Å². The van der Waals surface area contributed by atoms with E-state index in [1.54, 1.807) is 0 Å². The zero-order valence-electron chi connectivity index (χ0n) is 6.49. The zero-order valence-corrected chi connectivity index (χ0v) is 8.12. The van der Waals surface area contributed by atoms with Crippen LogP contribution in [0.2, 0.25) is 0 Å². The summed E-state index contributed by atoms with van der Waals surface area (Å²) in [6, 6.07) is 0. The summed E-state index contributed by atoms with van der Waals surface area (Å²) in [5.74, 6) is 0.842. The van der Waals surface area contributed by atoms with Crippen LogP contribution in [-0.2, 0) is 10.1 Å². The van der Waals surface area contributed by atoms with Gasteiger partial charge in [0.1, 0.15) is 5.84 Å². The third-order valence-electron chi connectivity index (χ3n) is 0.949. The Kier molecular flexibility index (Phi) is 5.27. The molecule has 0 aromatic rings. The van der Waals surface area contributed by atoms with Gasteiger partial charge in [0.2, 0.25) is 0 Å². The Balaban J connectivity index is 3.29. The number of nitrogens with one attached hydrogen (secondary N) is 1. The van der Waals surface area contributed by atoms with Gasteiger partial charge in [-0.3, -0.25) is 9.96 Å². The first-order valence-corrected chi connectivity index (χ1v) is 6.04. The summed E-state index contributed by atoms with van der Waals surface area (Å²) in [4.78, 5) is 0. The number of amidine groups is 1. The van der Waals surface area contributed by atoms with E-state index in [1.807, 2.05) is 0 Å². The van der Waals surface area contributed by atoms with E-state index < -0.39 is 10.1 Å². The Morgan fingerprint density at radius 1 is 1.58 bits per heavy atom. The zero-order chi connectivity index (χ0) is 9.61. The maximum Gasteiger partial charge on any atom is 0.264 e. The summed E-state index contributed by atoms with van der Waals surface area (Å²) >= 11 is 1.38. The molecule has 12 heavy (non-hydrogen) atoms. The average Bonchev–Trinajstić information content (AvgIpc) is 1.83. The lowest BCUT2D eigenvalue weighted by molar-refractivity contribution is 0.482. The summed E-state index contributed by atoms with van der Waals surface area (Å²) in [6.45, 7) is 0. The third-order valence-corrected chi connectivity index (χ3v) is 2.85. The van der Waals surface area contributed by atoms with Gasteiger partial charge in [-0.2, -0.15) is 20.2 Å². The number of hydrogen-bond acceptors (Lipinski definition) is 4. The Morgan fingerprint density at radius 3 is 2.58 bits per heavy atom. The van der Waals surface area contributed by atoms with Crippen LogP contribution in [0.1, 0.15) is 6.42 Å². The maximum absolute atomic E-state index is 10.2. The van der Waals surface area contributed by atoms with Gasteiger partial charge in [-0.1, -0.05) is 0 Å². The molecule has 72 valence electrons. The van der Waals surface area contributed by atoms with Crippen LogP contribution in [0.4, 0.5) is 0 Å². The number of hydrogen-bond donors (Lipinski definition) is 3. The Labute approximate surface area is 76.0 Å². The first-order chi connectivity index (χ1) is 5.42. The fourth-order valence-electron chi connectivity index (χ4n) is 0.526. The van der Waals surface area contributed by atoms with E-state index in [0.717, 1.165) is 0 Å². The molecule has 0 aromatic carbocycles. The normalized spacial score (nSPS) is 11.4. The van der Waals surface area contributed by atoms with Gasteiger partial charge in [0.05, 0.1) is 11.5 Å². The van der Waals surface area contributed by atoms with E-state index in [-0.39, 0.29) is 11.6 Å². The number of rotatable bonds is 6. The lowest BCUT2D eigenvalue weighted by atomic mass is 10.6. The van der Waals surface area contributed by atoms with E-state index in [0.29, 0.717) is 17.9 Å². The predicted molar refractivity (Wildman–Crippen MR) is 50.3 cm³/mol. The minimum absolute atomic E-state index is 0.0758. The Hall–Kier alpha value is -0.270. The highest BCUT2D eigenvalue weighted by atomic mass is 32.2. The molecule has 4 N–H and O–H groups in total. The first-order valence-electron chi connectivity index (χ1n) is 3.27. The van der Waals surface area contributed by atoms with Crippen molar-refractivity contribution in [3.8, 4) is 0 Å². The van der Waals surface area contributed by atoms with Crippen LogP contribution in [0.5, 0.6) is 0 Å². The monoisotopic (exact) mass is 212 g/mol. The molecule has 0 spiro atoms. The van der Waals surface area contributed by atoms with E-state index in [1.165, 1.54) is 11.8 Å². The van der Waals surface area contributed by atoms with E-state index in [4.69, 9.17) is 15.7 Å². The standard InChI is InChI=1S/C5H12N2O3S2/c6-5(7)4-11-2-1-3-12(8,9)10/h1-4H2,(H3,6,7)(H,8,9,10). The van der Waals surface area contributed by atoms with Gasteiger partial charge in [-0.05, 0) is 12.2 Å². The van der Waals surface area contributed by atoms with Crippen LogP contribution >= 0.6 is 11.8 Å². The molecule has 0 radical (unpaired) electrons. The van der Waals surface area contributed by atoms with E-state index >= 15 is 0 Å². The molecule has 0 atom stereocenters. The van der Waals surface area contributed by atoms with Crippen LogP contribution in [-0.4, -0.2) is 36.1 Å². The molecular formula is C5H12N2O3S2. The molecule has 0 rings (SSSR count). The molecule has 0 bridgehead atoms. The molecular weight excluding hydrogens is 200 g/mol. The van der Waals surface area contributed by atoms with Crippen LogP contribution in [0, 0.1) is 5.41 Å². The molecule has 0 saturated carbocycles. The molecule has 0 aromatic heterocycles. The van der Waals surface area contributed by atoms with Gasteiger partial charge in [0, 0.05) is 0 Å². The molecule has 7 heteroatoms. The third kappa shape index (κ3) is 9.73. The summed E-state index contributed by atoms with van der Waals surface area (Å²) in [6.07, 6.45) is 0.386. The predicted octanol–water partition coefficient (Wildman–Crippen LogP) is -0.0665. The molecule has 0 amide bonds. The van der Waals surface area contributed by atoms with Gasteiger partial charge in [0.25, 0.3) is 10.1 Å². The van der Waals surface area contributed by atoms with Crippen LogP contribution in [0.15, 0.2) is 0 Å². The topological polar surface area (TPSA) is 104 Å². The summed E-state index contributed by atoms with van der Waals surface area (Å²) in [5.41, 5.74) is 5.06. The van der Waals surface area contributed by atoms with Crippen molar-refractivity contribution in [3.63, 3.8) is 0 Å². The van der Waals surface area contributed by atoms with Gasteiger partial charge < -0.3 is 5.73 Å². The Morgan fingerprint density at radius 2 is 2.17 bits per heavy atom. The lowest BCUT2D eigenvalue weighted by Gasteiger charge is -1.98. The van der Waals surface area contributed by atoms with Gasteiger partial charge >= 0.3 is 0 Å². The highest BCUT2D eigenvalue weighted by molar-refractivity contribution is 8.00. The fraction of sp³-hybridized carbons (Fsp3) is 0.800. The largest absolute Gasteiger partial charge is 0.387 e. The highest BCUT2D eigenvalue weighted by Gasteiger charge is 2.02. The van der Waals surface area contributed by atoms with Crippen molar-refractivity contribution in [2.24, 2.45) is 5.73 Å². The average molecular weight is 212 g/mol. The van der Waals surface area contributed by atoms with Crippen molar-refractivity contribution in [2.75, 3.05) is 17.3 Å².